The van der Waals surface area contributed by atoms with Crippen molar-refractivity contribution in [3.63, 3.8) is 0 Å². The number of nitrogens with one attached hydrogen (secondary N) is 1. The summed E-state index contributed by atoms with van der Waals surface area (Å²) in [5.74, 6) is 1.37. The van der Waals surface area contributed by atoms with E-state index in [-0.39, 0.29) is 0 Å². The van der Waals surface area contributed by atoms with Gasteiger partial charge in [0.1, 0.15) is 5.82 Å². The quantitative estimate of drug-likeness (QED) is 0.778. The summed E-state index contributed by atoms with van der Waals surface area (Å²) in [6, 6.07) is 1.97. The van der Waals surface area contributed by atoms with E-state index in [9.17, 15) is 0 Å². The molecule has 2 aromatic rings. The zero-order valence-corrected chi connectivity index (χ0v) is 14.8. The van der Waals surface area contributed by atoms with E-state index in [2.05, 4.69) is 20.4 Å². The van der Waals surface area contributed by atoms with Crippen molar-refractivity contribution in [2.24, 2.45) is 0 Å². The van der Waals surface area contributed by atoms with Crippen LogP contribution in [-0.4, -0.2) is 39.5 Å². The normalized spacial score (nSPS) is 17.4. The predicted octanol–water partition coefficient (Wildman–Crippen LogP) is 2.53. The van der Waals surface area contributed by atoms with Crippen LogP contribution >= 0.6 is 11.6 Å². The molecule has 3 N–H and O–H groups in total. The molecule has 3 rings (SSSR count). The molecule has 0 spiro atoms. The molecular weight excluding hydrogens is 328 g/mol. The number of nitrogens with two attached hydrogens (primary N) is 1. The Hall–Kier alpha value is -1.86. The maximum Gasteiger partial charge on any atom is 0.222 e. The molecule has 0 radical (unpaired) electrons. The number of aromatic nitrogens is 4. The maximum atomic E-state index is 6.16. The largest absolute Gasteiger partial charge is 0.381 e. The summed E-state index contributed by atoms with van der Waals surface area (Å²) in [5.41, 5.74) is 8.65. The summed E-state index contributed by atoms with van der Waals surface area (Å²) in [7, 11) is 0. The van der Waals surface area contributed by atoms with Gasteiger partial charge in [-0.1, -0.05) is 11.6 Å². The van der Waals surface area contributed by atoms with Crippen LogP contribution in [0.4, 0.5) is 11.8 Å². The van der Waals surface area contributed by atoms with Crippen molar-refractivity contribution in [3.8, 4) is 0 Å². The van der Waals surface area contributed by atoms with Crippen molar-refractivity contribution in [1.29, 1.82) is 0 Å². The molecule has 3 heterocycles. The summed E-state index contributed by atoms with van der Waals surface area (Å²) in [6.07, 6.45) is 1.89. The number of hydrogen-bond acceptors (Lipinski definition) is 6. The number of ether oxygens (including phenoxy) is 1. The summed E-state index contributed by atoms with van der Waals surface area (Å²) in [4.78, 5) is 8.59. The molecule has 0 aliphatic carbocycles. The fourth-order valence-corrected chi connectivity index (χ4v) is 3.03. The van der Waals surface area contributed by atoms with E-state index in [0.29, 0.717) is 18.5 Å². The monoisotopic (exact) mass is 350 g/mol. The molecule has 1 atom stereocenters. The van der Waals surface area contributed by atoms with Crippen molar-refractivity contribution in [2.45, 2.75) is 39.2 Å². The van der Waals surface area contributed by atoms with Gasteiger partial charge in [0.25, 0.3) is 0 Å². The zero-order chi connectivity index (χ0) is 17.1. The third-order valence-electron chi connectivity index (χ3n) is 4.26. The minimum Gasteiger partial charge on any atom is -0.381 e. The number of rotatable bonds is 6. The van der Waals surface area contributed by atoms with Gasteiger partial charge >= 0.3 is 0 Å². The smallest absolute Gasteiger partial charge is 0.222 e. The van der Waals surface area contributed by atoms with Crippen LogP contribution < -0.4 is 11.1 Å². The minimum absolute atomic E-state index is 0.298. The molecule has 7 nitrogen and oxygen atoms in total. The topological polar surface area (TPSA) is 90.9 Å². The number of nitrogens with zero attached hydrogens (tertiary/aromatic N) is 4. The van der Waals surface area contributed by atoms with Gasteiger partial charge in [-0.2, -0.15) is 10.1 Å². The SMILES string of the molecule is Cc1nn(CCCNc2cc([C@H]3CCOC3)nc(N)n2)c(C)c1Cl. The molecule has 2 aromatic heterocycles. The Morgan fingerprint density at radius 3 is 2.92 bits per heavy atom. The molecule has 1 saturated heterocycles. The van der Waals surface area contributed by atoms with E-state index in [1.807, 2.05) is 24.6 Å². The van der Waals surface area contributed by atoms with Gasteiger partial charge in [0.15, 0.2) is 0 Å². The number of hydrogen-bond donors (Lipinski definition) is 2. The summed E-state index contributed by atoms with van der Waals surface area (Å²) in [6.45, 7) is 6.96. The van der Waals surface area contributed by atoms with Gasteiger partial charge < -0.3 is 15.8 Å². The van der Waals surface area contributed by atoms with Crippen molar-refractivity contribution < 1.29 is 4.74 Å². The van der Waals surface area contributed by atoms with Crippen LogP contribution in [0.15, 0.2) is 6.07 Å². The molecule has 0 unspecified atom stereocenters. The number of halogens is 1. The van der Waals surface area contributed by atoms with Crippen LogP contribution in [0.5, 0.6) is 0 Å². The van der Waals surface area contributed by atoms with Crippen molar-refractivity contribution in [2.75, 3.05) is 30.8 Å². The van der Waals surface area contributed by atoms with E-state index in [0.717, 1.165) is 60.5 Å². The maximum absolute atomic E-state index is 6.16. The van der Waals surface area contributed by atoms with Crippen molar-refractivity contribution in [3.05, 3.63) is 28.2 Å². The van der Waals surface area contributed by atoms with E-state index in [1.165, 1.54) is 0 Å². The third kappa shape index (κ3) is 3.79. The molecule has 130 valence electrons. The van der Waals surface area contributed by atoms with Crippen molar-refractivity contribution in [1.82, 2.24) is 19.7 Å². The molecule has 1 aliphatic heterocycles. The molecule has 1 aliphatic rings. The molecule has 0 amide bonds. The molecule has 8 heteroatoms. The molecular formula is C16H23ClN6O. The van der Waals surface area contributed by atoms with Crippen LogP contribution in [0.25, 0.3) is 0 Å². The lowest BCUT2D eigenvalue weighted by Gasteiger charge is -2.11. The highest BCUT2D eigenvalue weighted by Gasteiger charge is 2.20. The molecule has 1 fully saturated rings. The first-order valence-electron chi connectivity index (χ1n) is 8.20. The summed E-state index contributed by atoms with van der Waals surface area (Å²) >= 11 is 6.16. The van der Waals surface area contributed by atoms with Crippen LogP contribution in [0, 0.1) is 13.8 Å². The highest BCUT2D eigenvalue weighted by Crippen LogP contribution is 2.25. The van der Waals surface area contributed by atoms with Gasteiger partial charge in [0.2, 0.25) is 5.95 Å². The van der Waals surface area contributed by atoms with Gasteiger partial charge in [0.05, 0.1) is 28.7 Å². The Morgan fingerprint density at radius 1 is 1.42 bits per heavy atom. The first-order valence-corrected chi connectivity index (χ1v) is 8.58. The first-order chi connectivity index (χ1) is 11.5. The molecule has 24 heavy (non-hydrogen) atoms. The first kappa shape index (κ1) is 17.0. The van der Waals surface area contributed by atoms with Gasteiger partial charge in [-0.15, -0.1) is 0 Å². The van der Waals surface area contributed by atoms with Gasteiger partial charge in [0, 0.05) is 31.7 Å². The Morgan fingerprint density at radius 2 is 2.25 bits per heavy atom. The van der Waals surface area contributed by atoms with E-state index < -0.39 is 0 Å². The Bertz CT molecular complexity index is 711. The highest BCUT2D eigenvalue weighted by atomic mass is 35.5. The van der Waals surface area contributed by atoms with Crippen LogP contribution in [-0.2, 0) is 11.3 Å². The third-order valence-corrected chi connectivity index (χ3v) is 4.80. The second kappa shape index (κ2) is 7.36. The summed E-state index contributed by atoms with van der Waals surface area (Å²) in [5, 5.41) is 8.49. The predicted molar refractivity (Wildman–Crippen MR) is 94.4 cm³/mol. The molecule has 0 bridgehead atoms. The number of aryl methyl sites for hydroxylation is 2. The van der Waals surface area contributed by atoms with E-state index in [1.54, 1.807) is 0 Å². The number of nitrogen functional groups attached to an aromatic ring is 1. The zero-order valence-electron chi connectivity index (χ0n) is 14.0. The molecule has 0 aromatic carbocycles. The highest BCUT2D eigenvalue weighted by molar-refractivity contribution is 6.31. The lowest BCUT2D eigenvalue weighted by Crippen LogP contribution is -2.12. The minimum atomic E-state index is 0.298. The van der Waals surface area contributed by atoms with Gasteiger partial charge in [-0.05, 0) is 26.7 Å². The van der Waals surface area contributed by atoms with Gasteiger partial charge in [-0.3, -0.25) is 4.68 Å². The summed E-state index contributed by atoms with van der Waals surface area (Å²) < 4.78 is 7.36. The lowest BCUT2D eigenvalue weighted by molar-refractivity contribution is 0.193. The fourth-order valence-electron chi connectivity index (χ4n) is 2.89. The Balaban J connectivity index is 1.55. The van der Waals surface area contributed by atoms with Crippen LogP contribution in [0.3, 0.4) is 0 Å². The van der Waals surface area contributed by atoms with Crippen LogP contribution in [0.1, 0.15) is 35.8 Å². The van der Waals surface area contributed by atoms with E-state index in [4.69, 9.17) is 22.1 Å². The Labute approximate surface area is 146 Å². The van der Waals surface area contributed by atoms with Gasteiger partial charge in [-0.25, -0.2) is 4.98 Å². The average molecular weight is 351 g/mol. The molecule has 0 saturated carbocycles. The fraction of sp³-hybridized carbons (Fsp3) is 0.562. The Kier molecular flexibility index (Phi) is 5.20. The lowest BCUT2D eigenvalue weighted by atomic mass is 10.0. The van der Waals surface area contributed by atoms with Crippen LogP contribution in [0.2, 0.25) is 5.02 Å². The standard InChI is InChI=1S/C16H23ClN6O/c1-10-15(17)11(2)23(22-10)6-3-5-19-14-8-13(20-16(18)21-14)12-4-7-24-9-12/h8,12H,3-7,9H2,1-2H3,(H3,18,19,20,21)/t12-/m0/s1. The van der Waals surface area contributed by atoms with E-state index >= 15 is 0 Å². The second-order valence-corrected chi connectivity index (χ2v) is 6.46. The second-order valence-electron chi connectivity index (χ2n) is 6.09. The number of anilines is 2. The van der Waals surface area contributed by atoms with Crippen molar-refractivity contribution >= 4 is 23.4 Å². The average Bonchev–Trinajstić information content (AvgIpc) is 3.17.